The number of rotatable bonds is 0. The van der Waals surface area contributed by atoms with Gasteiger partial charge in [0.2, 0.25) is 0 Å². The van der Waals surface area contributed by atoms with E-state index < -0.39 is 0 Å². The van der Waals surface area contributed by atoms with E-state index in [0.29, 0.717) is 4.32 Å². The van der Waals surface area contributed by atoms with Gasteiger partial charge in [-0.2, -0.15) is 0 Å². The fourth-order valence-corrected chi connectivity index (χ4v) is 2.23. The van der Waals surface area contributed by atoms with Crippen LogP contribution in [0.3, 0.4) is 0 Å². The number of hydrogen-bond donors (Lipinski definition) is 1. The zero-order valence-corrected chi connectivity index (χ0v) is 12.5. The Hall–Kier alpha value is -0.0100. The van der Waals surface area contributed by atoms with Crippen molar-refractivity contribution in [1.82, 2.24) is 14.7 Å². The summed E-state index contributed by atoms with van der Waals surface area (Å²) < 4.78 is 0.619. The quantitative estimate of drug-likeness (QED) is 0.432. The van der Waals surface area contributed by atoms with Gasteiger partial charge in [0.15, 0.2) is 0 Å². The van der Waals surface area contributed by atoms with Gasteiger partial charge in [-0.05, 0) is 14.1 Å². The highest BCUT2D eigenvalue weighted by molar-refractivity contribution is 8.00. The van der Waals surface area contributed by atoms with E-state index in [4.69, 9.17) is 24.8 Å². The van der Waals surface area contributed by atoms with Crippen molar-refractivity contribution in [2.45, 2.75) is 0 Å². The summed E-state index contributed by atoms with van der Waals surface area (Å²) in [6.07, 6.45) is 0. The summed E-state index contributed by atoms with van der Waals surface area (Å²) >= 11 is 9.75. The molecule has 0 aromatic heterocycles. The lowest BCUT2D eigenvalue weighted by molar-refractivity contribution is -0.662. The van der Waals surface area contributed by atoms with Crippen LogP contribution in [0.2, 0.25) is 0 Å². The molecule has 100 valence electrons. The first-order valence-electron chi connectivity index (χ1n) is 6.24. The first kappa shape index (κ1) is 15.0. The van der Waals surface area contributed by atoms with E-state index in [0.717, 1.165) is 26.2 Å². The third kappa shape index (κ3) is 6.47. The van der Waals surface area contributed by atoms with Gasteiger partial charge in [0.05, 0.1) is 13.1 Å². The van der Waals surface area contributed by atoms with Crippen molar-refractivity contribution < 1.29 is 5.32 Å². The van der Waals surface area contributed by atoms with Crippen LogP contribution >= 0.6 is 12.2 Å². The average molecular weight is 276 g/mol. The van der Waals surface area contributed by atoms with Crippen LogP contribution in [0.5, 0.6) is 0 Å². The first-order chi connectivity index (χ1) is 8.09. The topological polar surface area (TPSA) is 26.3 Å². The summed E-state index contributed by atoms with van der Waals surface area (Å²) in [6, 6.07) is 0. The van der Waals surface area contributed by atoms with Gasteiger partial charge in [0, 0.05) is 39.3 Å². The summed E-state index contributed by atoms with van der Waals surface area (Å²) in [5, 5.41) is 2.36. The molecule has 2 saturated heterocycles. The highest BCUT2D eigenvalue weighted by atomic mass is 32.1. The molecular weight excluding hydrogens is 252 g/mol. The van der Waals surface area contributed by atoms with Gasteiger partial charge in [-0.15, -0.1) is 0 Å². The van der Waals surface area contributed by atoms with Crippen LogP contribution in [0.1, 0.15) is 0 Å². The van der Waals surface area contributed by atoms with Crippen LogP contribution in [0.25, 0.3) is 0 Å². The Bertz CT molecular complexity index is 224. The molecule has 2 fully saturated rings. The van der Waals surface area contributed by atoms with Crippen LogP contribution in [0.4, 0.5) is 0 Å². The van der Waals surface area contributed by atoms with Gasteiger partial charge in [0.25, 0.3) is 0 Å². The minimum atomic E-state index is 0.619. The monoisotopic (exact) mass is 276 g/mol. The molecule has 4 nitrogen and oxygen atoms in total. The van der Waals surface area contributed by atoms with Crippen LogP contribution in [-0.2, 0) is 12.6 Å². The van der Waals surface area contributed by atoms with E-state index >= 15 is 0 Å². The molecule has 0 radical (unpaired) electrons. The lowest BCUT2D eigenvalue weighted by atomic mass is 10.4. The van der Waals surface area contributed by atoms with E-state index in [9.17, 15) is 0 Å². The Labute approximate surface area is 116 Å². The predicted molar refractivity (Wildman–Crippen MR) is 78.2 cm³/mol. The van der Waals surface area contributed by atoms with E-state index in [1.54, 1.807) is 0 Å². The number of thiocarbonyl (C=S) groups is 1. The number of nitrogens with two attached hydrogens (primary N) is 1. The van der Waals surface area contributed by atoms with Crippen molar-refractivity contribution in [2.75, 3.05) is 66.5 Å². The molecule has 2 aliphatic rings. The van der Waals surface area contributed by atoms with E-state index in [1.807, 2.05) is 0 Å². The third-order valence-corrected chi connectivity index (χ3v) is 3.71. The Kier molecular flexibility index (Phi) is 7.22. The van der Waals surface area contributed by atoms with E-state index in [-0.39, 0.29) is 0 Å². The lowest BCUT2D eigenvalue weighted by Gasteiger charge is -2.36. The molecule has 17 heavy (non-hydrogen) atoms. The number of piperazine rings is 2. The molecule has 0 aromatic carbocycles. The number of quaternary nitrogens is 1. The molecule has 2 heterocycles. The van der Waals surface area contributed by atoms with Crippen LogP contribution in [-0.4, -0.2) is 85.5 Å². The summed E-state index contributed by atoms with van der Waals surface area (Å²) in [5.74, 6) is 0. The largest absolute Gasteiger partial charge is 0.411 e. The number of nitrogens with zero attached hydrogens (tertiary/aromatic N) is 3. The molecule has 2 aliphatic heterocycles. The molecule has 6 heteroatoms. The normalized spacial score (nSPS) is 22.8. The maximum absolute atomic E-state index is 4.88. The highest BCUT2D eigenvalue weighted by Gasteiger charge is 2.10. The summed E-state index contributed by atoms with van der Waals surface area (Å²) in [5.41, 5.74) is 0. The summed E-state index contributed by atoms with van der Waals surface area (Å²) in [4.78, 5) is 6.72. The molecule has 0 amide bonds. The van der Waals surface area contributed by atoms with Crippen molar-refractivity contribution in [3.8, 4) is 0 Å². The average Bonchev–Trinajstić information content (AvgIpc) is 2.31. The SMILES string of the molecule is CN1CCN(C(=S)[S-])CC1.CN1CC[NH2+]CC1. The van der Waals surface area contributed by atoms with Crippen LogP contribution in [0, 0.1) is 0 Å². The van der Waals surface area contributed by atoms with Crippen LogP contribution < -0.4 is 5.32 Å². The minimum absolute atomic E-state index is 0.619. The lowest BCUT2D eigenvalue weighted by Crippen LogP contribution is -2.89. The van der Waals surface area contributed by atoms with E-state index in [1.165, 1.54) is 26.2 Å². The van der Waals surface area contributed by atoms with Gasteiger partial charge in [-0.3, -0.25) is 4.90 Å². The molecule has 0 atom stereocenters. The van der Waals surface area contributed by atoms with Gasteiger partial charge >= 0.3 is 0 Å². The van der Waals surface area contributed by atoms with Crippen molar-refractivity contribution in [3.05, 3.63) is 0 Å². The molecule has 2 N–H and O–H groups in total. The van der Waals surface area contributed by atoms with Crippen molar-refractivity contribution in [1.29, 1.82) is 0 Å². The van der Waals surface area contributed by atoms with Gasteiger partial charge in [-0.25, -0.2) is 0 Å². The second kappa shape index (κ2) is 8.16. The van der Waals surface area contributed by atoms with Gasteiger partial charge in [0.1, 0.15) is 0 Å². The molecule has 0 aliphatic carbocycles. The molecule has 0 aromatic rings. The van der Waals surface area contributed by atoms with Crippen molar-refractivity contribution in [3.63, 3.8) is 0 Å². The summed E-state index contributed by atoms with van der Waals surface area (Å²) in [6.45, 7) is 9.26. The maximum Gasteiger partial charge on any atom is 0.0884 e. The molecule has 0 bridgehead atoms. The smallest absolute Gasteiger partial charge is 0.0884 e. The second-order valence-corrected chi connectivity index (χ2v) is 5.76. The maximum atomic E-state index is 4.88. The molecule has 0 saturated carbocycles. The molecule has 2 rings (SSSR count). The minimum Gasteiger partial charge on any atom is -0.411 e. The Morgan fingerprint density at radius 3 is 1.76 bits per heavy atom. The Balaban J connectivity index is 0.000000181. The standard InChI is InChI=1S/C6H12N2S2.C5H12N2/c1-7-2-4-8(5-3-7)6(9)10;1-7-4-2-6-3-5-7/h2-5H2,1H3,(H,9,10);6H,2-5H2,1H3. The Morgan fingerprint density at radius 1 is 0.941 bits per heavy atom. The van der Waals surface area contributed by atoms with Crippen LogP contribution in [0.15, 0.2) is 0 Å². The molecule has 0 spiro atoms. The van der Waals surface area contributed by atoms with Gasteiger partial charge in [-0.1, -0.05) is 4.32 Å². The fourth-order valence-electron chi connectivity index (χ4n) is 1.87. The number of hydrogen-bond acceptors (Lipinski definition) is 4. The van der Waals surface area contributed by atoms with Crippen molar-refractivity contribution >= 4 is 29.2 Å². The second-order valence-electron chi connectivity index (χ2n) is 4.73. The molecule has 0 unspecified atom stereocenters. The zero-order chi connectivity index (χ0) is 12.7. The zero-order valence-electron chi connectivity index (χ0n) is 10.9. The third-order valence-electron chi connectivity index (χ3n) is 3.19. The van der Waals surface area contributed by atoms with E-state index in [2.05, 4.69) is 34.1 Å². The highest BCUT2D eigenvalue weighted by Crippen LogP contribution is 1.99. The molecular formula is C11H24N4S2. The number of likely N-dealkylation sites (N-methyl/N-ethyl adjacent to an activating group) is 2. The first-order valence-corrected chi connectivity index (χ1v) is 7.06. The van der Waals surface area contributed by atoms with Crippen molar-refractivity contribution in [2.24, 2.45) is 0 Å². The summed E-state index contributed by atoms with van der Waals surface area (Å²) in [7, 11) is 4.29. The fraction of sp³-hybridized carbons (Fsp3) is 0.909. The predicted octanol–water partition coefficient (Wildman–Crippen LogP) is -1.44. The Morgan fingerprint density at radius 2 is 1.41 bits per heavy atom. The van der Waals surface area contributed by atoms with Gasteiger partial charge < -0.3 is 40.0 Å².